The van der Waals surface area contributed by atoms with Crippen LogP contribution in [0.15, 0.2) is 24.3 Å². The van der Waals surface area contributed by atoms with Crippen LogP contribution in [-0.2, 0) is 11.3 Å². The van der Waals surface area contributed by atoms with Crippen molar-refractivity contribution >= 4 is 5.91 Å². The predicted molar refractivity (Wildman–Crippen MR) is 126 cm³/mol. The number of nitrogens with one attached hydrogen (secondary N) is 2. The normalized spacial score (nSPS) is 28.8. The standard InChI is InChI=1S/C22H34N2O.2C2H6/c1-14-5-7-18(8-6-14)13-23-17(4)22(25)24-21-16(3)11-19-9-15(2)10-20(21)12-19;2*1-2/h5-8,15-17,19-21,23H,9-13H2,1-4H3,(H,24,25);2*1-2H3. The summed E-state index contributed by atoms with van der Waals surface area (Å²) in [7, 11) is 0. The molecule has 0 aliphatic heterocycles. The van der Waals surface area contributed by atoms with Crippen molar-refractivity contribution in [3.05, 3.63) is 35.4 Å². The van der Waals surface area contributed by atoms with E-state index in [9.17, 15) is 4.79 Å². The molecule has 2 aliphatic rings. The van der Waals surface area contributed by atoms with E-state index in [1.54, 1.807) is 0 Å². The lowest BCUT2D eigenvalue weighted by Gasteiger charge is -2.46. The van der Waals surface area contributed by atoms with E-state index < -0.39 is 0 Å². The number of aryl methyl sites for hydroxylation is 1. The molecular weight excluding hydrogens is 356 g/mol. The molecule has 0 aromatic heterocycles. The summed E-state index contributed by atoms with van der Waals surface area (Å²) in [6.45, 7) is 17.5. The largest absolute Gasteiger partial charge is 0.351 e. The Bertz CT molecular complexity index is 579. The van der Waals surface area contributed by atoms with Gasteiger partial charge in [-0.15, -0.1) is 0 Å². The molecule has 29 heavy (non-hydrogen) atoms. The molecule has 3 nitrogen and oxygen atoms in total. The first kappa shape index (κ1) is 25.7. The van der Waals surface area contributed by atoms with Crippen LogP contribution in [0.25, 0.3) is 0 Å². The van der Waals surface area contributed by atoms with E-state index in [1.807, 2.05) is 34.6 Å². The fraction of sp³-hybridized carbons (Fsp3) is 0.731. The van der Waals surface area contributed by atoms with Gasteiger partial charge in [-0.05, 0) is 68.8 Å². The van der Waals surface area contributed by atoms with Crippen LogP contribution in [0.3, 0.4) is 0 Å². The molecule has 0 heterocycles. The monoisotopic (exact) mass is 402 g/mol. The van der Waals surface area contributed by atoms with E-state index in [0.717, 1.165) is 18.4 Å². The van der Waals surface area contributed by atoms with Gasteiger partial charge in [0.15, 0.2) is 0 Å². The van der Waals surface area contributed by atoms with Gasteiger partial charge in [-0.1, -0.05) is 71.4 Å². The number of benzene rings is 1. The van der Waals surface area contributed by atoms with Crippen molar-refractivity contribution in [2.45, 2.75) is 99.7 Å². The molecule has 2 saturated carbocycles. The molecule has 1 aromatic rings. The first-order valence-corrected chi connectivity index (χ1v) is 12.0. The minimum atomic E-state index is -0.160. The maximum absolute atomic E-state index is 12.7. The summed E-state index contributed by atoms with van der Waals surface area (Å²) in [5, 5.41) is 6.76. The lowest BCUT2D eigenvalue weighted by molar-refractivity contribution is -0.125. The molecule has 1 amide bonds. The fourth-order valence-corrected chi connectivity index (χ4v) is 5.04. The first-order chi connectivity index (χ1) is 13.9. The lowest BCUT2D eigenvalue weighted by atomic mass is 9.63. The summed E-state index contributed by atoms with van der Waals surface area (Å²) in [6.07, 6.45) is 5.24. The molecule has 1 aromatic carbocycles. The number of rotatable bonds is 5. The number of fused-ring (bicyclic) bond motifs is 2. The number of carbonyl (C=O) groups excluding carboxylic acids is 1. The van der Waals surface area contributed by atoms with Crippen molar-refractivity contribution in [3.63, 3.8) is 0 Å². The Balaban J connectivity index is 0.000000989. The Kier molecular flexibility index (Phi) is 11.6. The Hall–Kier alpha value is -1.35. The minimum Gasteiger partial charge on any atom is -0.351 e. The lowest BCUT2D eigenvalue weighted by Crippen LogP contribution is -2.54. The van der Waals surface area contributed by atoms with Gasteiger partial charge in [-0.3, -0.25) is 4.79 Å². The van der Waals surface area contributed by atoms with Crippen molar-refractivity contribution < 1.29 is 4.79 Å². The SMILES string of the molecule is CC.CC.Cc1ccc(CNC(C)C(=O)NC2C(C)CC3CC(C)CC2C3)cc1. The van der Waals surface area contributed by atoms with Crippen LogP contribution in [0.5, 0.6) is 0 Å². The summed E-state index contributed by atoms with van der Waals surface area (Å²) >= 11 is 0. The second-order valence-electron chi connectivity index (χ2n) is 8.77. The molecule has 3 rings (SSSR count). The van der Waals surface area contributed by atoms with E-state index in [1.165, 1.54) is 36.8 Å². The summed E-state index contributed by atoms with van der Waals surface area (Å²) in [5.74, 6) is 3.12. The van der Waals surface area contributed by atoms with Gasteiger partial charge in [0, 0.05) is 12.6 Å². The third-order valence-corrected chi connectivity index (χ3v) is 6.34. The molecule has 0 spiro atoms. The average Bonchev–Trinajstić information content (AvgIpc) is 2.72. The first-order valence-electron chi connectivity index (χ1n) is 12.0. The Morgan fingerprint density at radius 1 is 1.00 bits per heavy atom. The molecule has 6 unspecified atom stereocenters. The van der Waals surface area contributed by atoms with Gasteiger partial charge in [0.25, 0.3) is 0 Å². The Labute approximate surface area is 180 Å². The van der Waals surface area contributed by atoms with Crippen molar-refractivity contribution in [3.8, 4) is 0 Å². The van der Waals surface area contributed by atoms with E-state index >= 15 is 0 Å². The number of carbonyl (C=O) groups is 1. The third kappa shape index (κ3) is 7.77. The highest BCUT2D eigenvalue weighted by molar-refractivity contribution is 5.81. The zero-order chi connectivity index (χ0) is 22.0. The molecule has 0 saturated heterocycles. The van der Waals surface area contributed by atoms with E-state index in [4.69, 9.17) is 0 Å². The fourth-order valence-electron chi connectivity index (χ4n) is 5.04. The summed E-state index contributed by atoms with van der Waals surface area (Å²) < 4.78 is 0. The summed E-state index contributed by atoms with van der Waals surface area (Å²) in [6, 6.07) is 8.68. The summed E-state index contributed by atoms with van der Waals surface area (Å²) in [5.41, 5.74) is 2.49. The Morgan fingerprint density at radius 3 is 2.24 bits per heavy atom. The zero-order valence-corrected chi connectivity index (χ0v) is 20.2. The third-order valence-electron chi connectivity index (χ3n) is 6.34. The topological polar surface area (TPSA) is 41.1 Å². The molecule has 166 valence electrons. The van der Waals surface area contributed by atoms with Gasteiger partial charge in [0.05, 0.1) is 6.04 Å². The van der Waals surface area contributed by atoms with Crippen LogP contribution >= 0.6 is 0 Å². The van der Waals surface area contributed by atoms with Crippen molar-refractivity contribution in [1.29, 1.82) is 0 Å². The number of hydrogen-bond donors (Lipinski definition) is 2. The highest BCUT2D eigenvalue weighted by Gasteiger charge is 2.40. The van der Waals surface area contributed by atoms with Crippen LogP contribution in [0.4, 0.5) is 0 Å². The number of hydrogen-bond acceptors (Lipinski definition) is 2. The highest BCUT2D eigenvalue weighted by Crippen LogP contribution is 2.44. The zero-order valence-electron chi connectivity index (χ0n) is 20.2. The van der Waals surface area contributed by atoms with Crippen LogP contribution in [0, 0.1) is 30.6 Å². The van der Waals surface area contributed by atoms with Gasteiger partial charge in [-0.25, -0.2) is 0 Å². The molecule has 2 aliphatic carbocycles. The second-order valence-corrected chi connectivity index (χ2v) is 8.77. The highest BCUT2D eigenvalue weighted by atomic mass is 16.2. The van der Waals surface area contributed by atoms with Gasteiger partial charge < -0.3 is 10.6 Å². The minimum absolute atomic E-state index is 0.153. The van der Waals surface area contributed by atoms with E-state index in [-0.39, 0.29) is 11.9 Å². The molecule has 0 radical (unpaired) electrons. The molecule has 2 bridgehead atoms. The molecule has 2 N–H and O–H groups in total. The smallest absolute Gasteiger partial charge is 0.237 e. The maximum atomic E-state index is 12.7. The second kappa shape index (κ2) is 13.1. The van der Waals surface area contributed by atoms with Gasteiger partial charge in [0.1, 0.15) is 0 Å². The van der Waals surface area contributed by atoms with Crippen LogP contribution in [0.1, 0.15) is 85.3 Å². The van der Waals surface area contributed by atoms with Crippen molar-refractivity contribution in [2.75, 3.05) is 0 Å². The van der Waals surface area contributed by atoms with E-state index in [2.05, 4.69) is 55.7 Å². The Morgan fingerprint density at radius 2 is 1.62 bits per heavy atom. The maximum Gasteiger partial charge on any atom is 0.237 e. The molecular formula is C26H46N2O. The van der Waals surface area contributed by atoms with Gasteiger partial charge >= 0.3 is 0 Å². The van der Waals surface area contributed by atoms with E-state index in [0.29, 0.717) is 17.9 Å². The summed E-state index contributed by atoms with van der Waals surface area (Å²) in [4.78, 5) is 12.7. The molecule has 3 heteroatoms. The van der Waals surface area contributed by atoms with Crippen molar-refractivity contribution in [1.82, 2.24) is 10.6 Å². The average molecular weight is 403 g/mol. The van der Waals surface area contributed by atoms with Crippen molar-refractivity contribution in [2.24, 2.45) is 23.7 Å². The quantitative estimate of drug-likeness (QED) is 0.624. The molecule has 2 fully saturated rings. The van der Waals surface area contributed by atoms with Crippen LogP contribution in [0.2, 0.25) is 0 Å². The van der Waals surface area contributed by atoms with Gasteiger partial charge in [0.2, 0.25) is 5.91 Å². The van der Waals surface area contributed by atoms with Crippen LogP contribution in [-0.4, -0.2) is 18.0 Å². The van der Waals surface area contributed by atoms with Crippen LogP contribution < -0.4 is 10.6 Å². The number of amides is 1. The molecule has 6 atom stereocenters. The predicted octanol–water partition coefficient (Wildman–Crippen LogP) is 6.10. The van der Waals surface area contributed by atoms with Gasteiger partial charge in [-0.2, -0.15) is 0 Å².